The SMILES string of the molecule is COC(=O)c1ccn(-c2ccccc2N)n1. The Bertz CT molecular complexity index is 519. The van der Waals surface area contributed by atoms with Gasteiger partial charge in [-0.1, -0.05) is 12.1 Å². The Balaban J connectivity index is 2.39. The van der Waals surface area contributed by atoms with Crippen LogP contribution in [0.3, 0.4) is 0 Å². The van der Waals surface area contributed by atoms with Crippen LogP contribution in [0.15, 0.2) is 36.5 Å². The van der Waals surface area contributed by atoms with E-state index in [1.807, 2.05) is 18.2 Å². The maximum Gasteiger partial charge on any atom is 0.358 e. The van der Waals surface area contributed by atoms with E-state index in [9.17, 15) is 4.79 Å². The van der Waals surface area contributed by atoms with Crippen LogP contribution in [-0.2, 0) is 4.74 Å². The van der Waals surface area contributed by atoms with Crippen LogP contribution in [-0.4, -0.2) is 22.9 Å². The highest BCUT2D eigenvalue weighted by Crippen LogP contribution is 2.15. The van der Waals surface area contributed by atoms with E-state index in [2.05, 4.69) is 9.84 Å². The first-order valence-corrected chi connectivity index (χ1v) is 4.71. The standard InChI is InChI=1S/C11H11N3O2/c1-16-11(15)9-6-7-14(13-9)10-5-3-2-4-8(10)12/h2-7H,12H2,1H3. The molecule has 0 amide bonds. The molecule has 0 bridgehead atoms. The van der Waals surface area contributed by atoms with E-state index in [4.69, 9.17) is 5.73 Å². The van der Waals surface area contributed by atoms with Gasteiger partial charge < -0.3 is 10.5 Å². The number of nitrogen functional groups attached to an aromatic ring is 1. The Labute approximate surface area is 92.4 Å². The monoisotopic (exact) mass is 217 g/mol. The second kappa shape index (κ2) is 4.06. The summed E-state index contributed by atoms with van der Waals surface area (Å²) in [5, 5.41) is 4.07. The number of para-hydroxylation sites is 2. The van der Waals surface area contributed by atoms with Crippen LogP contribution in [0.5, 0.6) is 0 Å². The lowest BCUT2D eigenvalue weighted by molar-refractivity contribution is 0.0593. The minimum absolute atomic E-state index is 0.255. The molecule has 0 saturated carbocycles. The van der Waals surface area contributed by atoms with Crippen molar-refractivity contribution < 1.29 is 9.53 Å². The average Bonchev–Trinajstić information content (AvgIpc) is 2.78. The number of rotatable bonds is 2. The molecule has 0 atom stereocenters. The molecule has 0 spiro atoms. The van der Waals surface area contributed by atoms with Crippen molar-refractivity contribution >= 4 is 11.7 Å². The van der Waals surface area contributed by atoms with Crippen LogP contribution in [0.2, 0.25) is 0 Å². The zero-order valence-electron chi connectivity index (χ0n) is 8.75. The van der Waals surface area contributed by atoms with Gasteiger partial charge in [-0.2, -0.15) is 5.10 Å². The van der Waals surface area contributed by atoms with E-state index in [0.29, 0.717) is 5.69 Å². The highest BCUT2D eigenvalue weighted by atomic mass is 16.5. The van der Waals surface area contributed by atoms with Gasteiger partial charge in [-0.25, -0.2) is 9.48 Å². The molecule has 1 aromatic carbocycles. The van der Waals surface area contributed by atoms with Crippen LogP contribution in [0.1, 0.15) is 10.5 Å². The van der Waals surface area contributed by atoms with E-state index < -0.39 is 5.97 Å². The molecule has 0 aliphatic rings. The molecule has 1 aromatic heterocycles. The first-order valence-electron chi connectivity index (χ1n) is 4.71. The van der Waals surface area contributed by atoms with Crippen molar-refractivity contribution in [2.75, 3.05) is 12.8 Å². The van der Waals surface area contributed by atoms with Crippen molar-refractivity contribution in [1.29, 1.82) is 0 Å². The number of anilines is 1. The normalized spacial score (nSPS) is 10.1. The Hall–Kier alpha value is -2.30. The number of aromatic nitrogens is 2. The number of benzene rings is 1. The topological polar surface area (TPSA) is 70.1 Å². The molecule has 2 aromatic rings. The predicted octanol–water partition coefficient (Wildman–Crippen LogP) is 1.24. The van der Waals surface area contributed by atoms with E-state index in [0.717, 1.165) is 5.69 Å². The first kappa shape index (κ1) is 10.2. The van der Waals surface area contributed by atoms with Crippen LogP contribution >= 0.6 is 0 Å². The lowest BCUT2D eigenvalue weighted by Crippen LogP contribution is -2.05. The van der Waals surface area contributed by atoms with Crippen molar-refractivity contribution in [1.82, 2.24) is 9.78 Å². The summed E-state index contributed by atoms with van der Waals surface area (Å²) in [6, 6.07) is 8.87. The first-order chi connectivity index (χ1) is 7.72. The number of ether oxygens (including phenoxy) is 1. The maximum absolute atomic E-state index is 11.2. The van der Waals surface area contributed by atoms with Gasteiger partial charge >= 0.3 is 5.97 Å². The smallest absolute Gasteiger partial charge is 0.358 e. The van der Waals surface area contributed by atoms with E-state index >= 15 is 0 Å². The van der Waals surface area contributed by atoms with Crippen molar-refractivity contribution in [3.8, 4) is 5.69 Å². The highest BCUT2D eigenvalue weighted by Gasteiger charge is 2.10. The van der Waals surface area contributed by atoms with Gasteiger partial charge in [0.2, 0.25) is 0 Å². The van der Waals surface area contributed by atoms with Gasteiger partial charge in [0.05, 0.1) is 18.5 Å². The van der Waals surface area contributed by atoms with Gasteiger partial charge in [-0.3, -0.25) is 0 Å². The lowest BCUT2D eigenvalue weighted by Gasteiger charge is -2.04. The Morgan fingerprint density at radius 1 is 1.38 bits per heavy atom. The minimum Gasteiger partial charge on any atom is -0.464 e. The van der Waals surface area contributed by atoms with Crippen LogP contribution in [0.25, 0.3) is 5.69 Å². The summed E-state index contributed by atoms with van der Waals surface area (Å²) in [5.41, 5.74) is 7.38. The third-order valence-corrected chi connectivity index (χ3v) is 2.17. The van der Waals surface area contributed by atoms with Crippen molar-refractivity contribution in [3.63, 3.8) is 0 Å². The number of hydrogen-bond donors (Lipinski definition) is 1. The van der Waals surface area contributed by atoms with Crippen molar-refractivity contribution in [2.24, 2.45) is 0 Å². The fourth-order valence-corrected chi connectivity index (χ4v) is 1.37. The molecule has 0 fully saturated rings. The lowest BCUT2D eigenvalue weighted by atomic mass is 10.3. The summed E-state index contributed by atoms with van der Waals surface area (Å²) in [7, 11) is 1.32. The summed E-state index contributed by atoms with van der Waals surface area (Å²) >= 11 is 0. The van der Waals surface area contributed by atoms with E-state index in [-0.39, 0.29) is 5.69 Å². The predicted molar refractivity (Wildman–Crippen MR) is 59.3 cm³/mol. The van der Waals surface area contributed by atoms with Gasteiger partial charge in [0.25, 0.3) is 0 Å². The van der Waals surface area contributed by atoms with Crippen LogP contribution < -0.4 is 5.73 Å². The molecule has 5 nitrogen and oxygen atoms in total. The molecule has 0 aliphatic heterocycles. The van der Waals surface area contributed by atoms with Crippen molar-refractivity contribution in [2.45, 2.75) is 0 Å². The number of nitrogens with two attached hydrogens (primary N) is 1. The Kier molecular flexibility index (Phi) is 2.59. The molecule has 0 radical (unpaired) electrons. The van der Waals surface area contributed by atoms with Crippen LogP contribution in [0.4, 0.5) is 5.69 Å². The molecule has 0 saturated heterocycles. The summed E-state index contributed by atoms with van der Waals surface area (Å²) < 4.78 is 6.11. The number of nitrogens with zero attached hydrogens (tertiary/aromatic N) is 2. The number of hydrogen-bond acceptors (Lipinski definition) is 4. The summed E-state index contributed by atoms with van der Waals surface area (Å²) in [5.74, 6) is -0.465. The zero-order valence-corrected chi connectivity index (χ0v) is 8.75. The highest BCUT2D eigenvalue weighted by molar-refractivity contribution is 5.87. The molecule has 82 valence electrons. The van der Waals surface area contributed by atoms with Gasteiger partial charge in [0, 0.05) is 6.20 Å². The number of carbonyl (C=O) groups is 1. The molecule has 5 heteroatoms. The second-order valence-electron chi connectivity index (χ2n) is 3.20. The van der Waals surface area contributed by atoms with E-state index in [1.54, 1.807) is 23.0 Å². The summed E-state index contributed by atoms with van der Waals surface area (Å²) in [6.45, 7) is 0. The fraction of sp³-hybridized carbons (Fsp3) is 0.0909. The average molecular weight is 217 g/mol. The minimum atomic E-state index is -0.465. The maximum atomic E-state index is 11.2. The van der Waals surface area contributed by atoms with Gasteiger partial charge in [0.1, 0.15) is 0 Å². The molecular weight excluding hydrogens is 206 g/mol. The zero-order chi connectivity index (χ0) is 11.5. The van der Waals surface area contributed by atoms with Gasteiger partial charge in [-0.15, -0.1) is 0 Å². The number of methoxy groups -OCH3 is 1. The summed E-state index contributed by atoms with van der Waals surface area (Å²) in [4.78, 5) is 11.2. The molecule has 2 rings (SSSR count). The van der Waals surface area contributed by atoms with E-state index in [1.165, 1.54) is 7.11 Å². The molecule has 16 heavy (non-hydrogen) atoms. The molecule has 2 N–H and O–H groups in total. The Morgan fingerprint density at radius 3 is 2.81 bits per heavy atom. The molecule has 1 heterocycles. The summed E-state index contributed by atoms with van der Waals surface area (Å²) in [6.07, 6.45) is 1.66. The Morgan fingerprint density at radius 2 is 2.12 bits per heavy atom. The quantitative estimate of drug-likeness (QED) is 0.607. The molecule has 0 unspecified atom stereocenters. The van der Waals surface area contributed by atoms with Crippen LogP contribution in [0, 0.1) is 0 Å². The fourth-order valence-electron chi connectivity index (χ4n) is 1.37. The van der Waals surface area contributed by atoms with Crippen molar-refractivity contribution in [3.05, 3.63) is 42.2 Å². The number of carbonyl (C=O) groups excluding carboxylic acids is 1. The largest absolute Gasteiger partial charge is 0.464 e. The second-order valence-corrected chi connectivity index (χ2v) is 3.20. The van der Waals surface area contributed by atoms with Gasteiger partial charge in [-0.05, 0) is 18.2 Å². The molecule has 0 aliphatic carbocycles. The van der Waals surface area contributed by atoms with Gasteiger partial charge in [0.15, 0.2) is 5.69 Å². The number of esters is 1. The third kappa shape index (κ3) is 1.75. The third-order valence-electron chi connectivity index (χ3n) is 2.17. The molecular formula is C11H11N3O2.